The Morgan fingerprint density at radius 3 is 2.42 bits per heavy atom. The smallest absolute Gasteiger partial charge is 0.373 e. The number of hydrogen-bond acceptors (Lipinski definition) is 5. The summed E-state index contributed by atoms with van der Waals surface area (Å²) >= 11 is 0. The molecule has 3 rings (SSSR count). The van der Waals surface area contributed by atoms with Gasteiger partial charge in [0.2, 0.25) is 15.8 Å². The topological polar surface area (TPSA) is 81.3 Å². The van der Waals surface area contributed by atoms with Crippen LogP contribution in [0.15, 0.2) is 45.7 Å². The van der Waals surface area contributed by atoms with Crippen LogP contribution in [0.4, 0.5) is 0 Å². The zero-order valence-corrected chi connectivity index (χ0v) is 15.7. The van der Waals surface area contributed by atoms with Crippen molar-refractivity contribution in [3.05, 3.63) is 53.5 Å². The molecule has 140 valence electrons. The molecule has 0 saturated carbocycles. The lowest BCUT2D eigenvalue weighted by molar-refractivity contribution is -0.918. The molecule has 26 heavy (non-hydrogen) atoms. The second kappa shape index (κ2) is 7.61. The molecule has 8 heteroatoms. The molecule has 1 aromatic heterocycles. The van der Waals surface area contributed by atoms with Crippen molar-refractivity contribution in [3.8, 4) is 0 Å². The normalized spacial score (nSPS) is 16.5. The number of furan rings is 1. The number of methoxy groups -OCH3 is 1. The van der Waals surface area contributed by atoms with Crippen LogP contribution in [0.2, 0.25) is 0 Å². The molecular weight excluding hydrogens is 356 g/mol. The number of nitrogens with one attached hydrogen (secondary N) is 1. The molecule has 0 aliphatic carbocycles. The Morgan fingerprint density at radius 2 is 1.81 bits per heavy atom. The number of rotatable bonds is 5. The molecule has 0 unspecified atom stereocenters. The number of nitrogens with zero attached hydrogens (tertiary/aromatic N) is 1. The highest BCUT2D eigenvalue weighted by Gasteiger charge is 2.30. The predicted octanol–water partition coefficient (Wildman–Crippen LogP) is 0.464. The van der Waals surface area contributed by atoms with E-state index < -0.39 is 16.0 Å². The van der Waals surface area contributed by atoms with E-state index in [2.05, 4.69) is 4.74 Å². The standard InChI is InChI=1S/C18H22N2O5S/c1-14-3-6-16(7-4-14)26(22,23)20-11-9-19(10-12-20)13-15-5-8-17(25-15)18(21)24-2/h3-8H,9-13H2,1-2H3/p+1. The highest BCUT2D eigenvalue weighted by atomic mass is 32.2. The molecule has 0 amide bonds. The van der Waals surface area contributed by atoms with E-state index in [1.165, 1.54) is 16.3 Å². The summed E-state index contributed by atoms with van der Waals surface area (Å²) in [7, 11) is -2.14. The van der Waals surface area contributed by atoms with Crippen LogP contribution >= 0.6 is 0 Å². The van der Waals surface area contributed by atoms with Gasteiger partial charge in [-0.3, -0.25) is 0 Å². The van der Waals surface area contributed by atoms with Gasteiger partial charge in [0.15, 0.2) is 5.76 Å². The van der Waals surface area contributed by atoms with Crippen molar-refractivity contribution in [2.75, 3.05) is 33.3 Å². The number of quaternary nitrogens is 1. The summed E-state index contributed by atoms with van der Waals surface area (Å²) in [5, 5.41) is 0. The summed E-state index contributed by atoms with van der Waals surface area (Å²) in [5.41, 5.74) is 1.03. The molecule has 1 fully saturated rings. The Kier molecular flexibility index (Phi) is 5.45. The summed E-state index contributed by atoms with van der Waals surface area (Å²) < 4.78 is 37.1. The fourth-order valence-electron chi connectivity index (χ4n) is 3.01. The molecule has 1 saturated heterocycles. The van der Waals surface area contributed by atoms with Crippen molar-refractivity contribution >= 4 is 16.0 Å². The molecule has 1 N–H and O–H groups in total. The van der Waals surface area contributed by atoms with Gasteiger partial charge in [0.05, 0.1) is 38.2 Å². The minimum atomic E-state index is -3.45. The van der Waals surface area contributed by atoms with Crippen LogP contribution in [0.5, 0.6) is 0 Å². The first-order chi connectivity index (χ1) is 12.4. The number of hydrogen-bond donors (Lipinski definition) is 1. The van der Waals surface area contributed by atoms with Crippen LogP contribution in [0, 0.1) is 6.92 Å². The number of benzene rings is 1. The number of esters is 1. The van der Waals surface area contributed by atoms with Crippen LogP contribution in [0.25, 0.3) is 0 Å². The first-order valence-electron chi connectivity index (χ1n) is 8.47. The van der Waals surface area contributed by atoms with Gasteiger partial charge in [-0.1, -0.05) is 17.7 Å². The number of carbonyl (C=O) groups excluding carboxylic acids is 1. The number of piperazine rings is 1. The Hall–Kier alpha value is -2.16. The molecule has 7 nitrogen and oxygen atoms in total. The van der Waals surface area contributed by atoms with Crippen LogP contribution in [0.3, 0.4) is 0 Å². The van der Waals surface area contributed by atoms with Crippen molar-refractivity contribution in [1.29, 1.82) is 0 Å². The Balaban J connectivity index is 1.59. The fourth-order valence-corrected chi connectivity index (χ4v) is 4.45. The Morgan fingerprint density at radius 1 is 1.15 bits per heavy atom. The molecule has 0 bridgehead atoms. The highest BCUT2D eigenvalue weighted by molar-refractivity contribution is 7.89. The van der Waals surface area contributed by atoms with Gasteiger partial charge in [0.1, 0.15) is 6.54 Å². The van der Waals surface area contributed by atoms with Crippen molar-refractivity contribution in [2.24, 2.45) is 0 Å². The average Bonchev–Trinajstić information content (AvgIpc) is 3.10. The molecular formula is C18H23N2O5S+. The van der Waals surface area contributed by atoms with Crippen molar-refractivity contribution in [2.45, 2.75) is 18.4 Å². The molecule has 1 aliphatic heterocycles. The monoisotopic (exact) mass is 379 g/mol. The van der Waals surface area contributed by atoms with E-state index in [9.17, 15) is 13.2 Å². The summed E-state index contributed by atoms with van der Waals surface area (Å²) in [4.78, 5) is 13.0. The summed E-state index contributed by atoms with van der Waals surface area (Å²) in [6.07, 6.45) is 0. The van der Waals surface area contributed by atoms with E-state index in [0.29, 0.717) is 43.4 Å². The van der Waals surface area contributed by atoms with Crippen LogP contribution in [-0.2, 0) is 21.3 Å². The maximum Gasteiger partial charge on any atom is 0.373 e. The van der Waals surface area contributed by atoms with Gasteiger partial charge in [-0.2, -0.15) is 4.31 Å². The third kappa shape index (κ3) is 3.98. The summed E-state index contributed by atoms with van der Waals surface area (Å²) in [6.45, 7) is 4.80. The molecule has 0 spiro atoms. The zero-order chi connectivity index (χ0) is 18.7. The zero-order valence-electron chi connectivity index (χ0n) is 14.9. The lowest BCUT2D eigenvalue weighted by Gasteiger charge is -2.31. The third-order valence-electron chi connectivity index (χ3n) is 4.56. The van der Waals surface area contributed by atoms with Gasteiger partial charge >= 0.3 is 5.97 Å². The van der Waals surface area contributed by atoms with Crippen LogP contribution < -0.4 is 4.90 Å². The fraction of sp³-hybridized carbons (Fsp3) is 0.389. The number of aryl methyl sites for hydroxylation is 1. The minimum Gasteiger partial charge on any atom is -0.463 e. The van der Waals surface area contributed by atoms with Crippen molar-refractivity contribution < 1.29 is 27.3 Å². The van der Waals surface area contributed by atoms with E-state index in [4.69, 9.17) is 4.42 Å². The van der Waals surface area contributed by atoms with Crippen LogP contribution in [-0.4, -0.2) is 52.0 Å². The second-order valence-electron chi connectivity index (χ2n) is 6.40. The maximum atomic E-state index is 12.7. The number of carbonyl (C=O) groups is 1. The Labute approximate surface area is 153 Å². The lowest BCUT2D eigenvalue weighted by atomic mass is 10.2. The van der Waals surface area contributed by atoms with E-state index >= 15 is 0 Å². The summed E-state index contributed by atoms with van der Waals surface area (Å²) in [6, 6.07) is 10.3. The SMILES string of the molecule is COC(=O)c1ccc(C[NH+]2CCN(S(=O)(=O)c3ccc(C)cc3)CC2)o1. The average molecular weight is 379 g/mol. The van der Waals surface area contributed by atoms with Gasteiger partial charge in [0, 0.05) is 0 Å². The Bertz CT molecular complexity index is 865. The predicted molar refractivity (Wildman–Crippen MR) is 94.4 cm³/mol. The minimum absolute atomic E-state index is 0.183. The first kappa shape index (κ1) is 18.6. The largest absolute Gasteiger partial charge is 0.463 e. The quantitative estimate of drug-likeness (QED) is 0.764. The molecule has 0 radical (unpaired) electrons. The van der Waals surface area contributed by atoms with Gasteiger partial charge in [-0.15, -0.1) is 0 Å². The van der Waals surface area contributed by atoms with Gasteiger partial charge in [0.25, 0.3) is 0 Å². The van der Waals surface area contributed by atoms with E-state index in [1.54, 1.807) is 24.3 Å². The maximum absolute atomic E-state index is 12.7. The van der Waals surface area contributed by atoms with Crippen LogP contribution in [0.1, 0.15) is 21.9 Å². The molecule has 1 aliphatic rings. The van der Waals surface area contributed by atoms with Gasteiger partial charge in [-0.25, -0.2) is 13.2 Å². The molecule has 2 heterocycles. The van der Waals surface area contributed by atoms with Gasteiger partial charge < -0.3 is 14.1 Å². The van der Waals surface area contributed by atoms with Gasteiger partial charge in [-0.05, 0) is 31.2 Å². The second-order valence-corrected chi connectivity index (χ2v) is 8.34. The van der Waals surface area contributed by atoms with Crippen molar-refractivity contribution in [1.82, 2.24) is 4.31 Å². The van der Waals surface area contributed by atoms with E-state index in [0.717, 1.165) is 5.56 Å². The van der Waals surface area contributed by atoms with E-state index in [-0.39, 0.29) is 5.76 Å². The molecule has 0 atom stereocenters. The molecule has 1 aromatic carbocycles. The third-order valence-corrected chi connectivity index (χ3v) is 6.47. The lowest BCUT2D eigenvalue weighted by Crippen LogP contribution is -3.13. The first-order valence-corrected chi connectivity index (χ1v) is 9.91. The van der Waals surface area contributed by atoms with E-state index in [1.807, 2.05) is 19.1 Å². The summed E-state index contributed by atoms with van der Waals surface area (Å²) in [5.74, 6) is 0.373. The molecule has 2 aromatic rings. The highest BCUT2D eigenvalue weighted by Crippen LogP contribution is 2.16. The number of sulfonamides is 1. The number of ether oxygens (including phenoxy) is 1. The van der Waals surface area contributed by atoms with Crippen molar-refractivity contribution in [3.63, 3.8) is 0 Å².